The van der Waals surface area contributed by atoms with Gasteiger partial charge in [-0.3, -0.25) is 5.32 Å². The summed E-state index contributed by atoms with van der Waals surface area (Å²) in [6.45, 7) is 7.38. The molecule has 0 radical (unpaired) electrons. The molecule has 0 spiro atoms. The number of thioether (sulfide) groups is 1. The molecular formula is C12H15NO2S. The third-order valence-corrected chi connectivity index (χ3v) is 3.12. The maximum Gasteiger partial charge on any atom is 0.416 e. The molecule has 16 heavy (non-hydrogen) atoms. The third-order valence-electron chi connectivity index (χ3n) is 2.07. The number of benzene rings is 1. The van der Waals surface area contributed by atoms with Crippen molar-refractivity contribution in [2.45, 2.75) is 18.7 Å². The molecule has 0 heterocycles. The van der Waals surface area contributed by atoms with E-state index in [0.29, 0.717) is 5.75 Å². The summed E-state index contributed by atoms with van der Waals surface area (Å²) in [4.78, 5) is 12.4. The van der Waals surface area contributed by atoms with Crippen LogP contribution in [0, 0.1) is 13.8 Å². The van der Waals surface area contributed by atoms with Crippen LogP contribution in [0.1, 0.15) is 11.1 Å². The number of amides is 1. The van der Waals surface area contributed by atoms with E-state index in [2.05, 4.69) is 11.9 Å². The van der Waals surface area contributed by atoms with Crippen LogP contribution in [-0.4, -0.2) is 12.3 Å². The minimum absolute atomic E-state index is 0.522. The molecule has 0 atom stereocenters. The molecular weight excluding hydrogens is 222 g/mol. The van der Waals surface area contributed by atoms with Crippen molar-refractivity contribution in [2.24, 2.45) is 0 Å². The second-order valence-electron chi connectivity index (χ2n) is 3.33. The van der Waals surface area contributed by atoms with Gasteiger partial charge in [0.15, 0.2) is 0 Å². The number of hydrogen-bond donors (Lipinski definition) is 1. The second kappa shape index (κ2) is 5.61. The molecule has 0 unspecified atom stereocenters. The highest BCUT2D eigenvalue weighted by atomic mass is 32.2. The maximum atomic E-state index is 11.2. The molecule has 0 saturated carbocycles. The Bertz CT molecular complexity index is 392. The molecule has 0 saturated heterocycles. The highest BCUT2D eigenvalue weighted by Crippen LogP contribution is 2.28. The fourth-order valence-electron chi connectivity index (χ4n) is 1.51. The van der Waals surface area contributed by atoms with E-state index in [1.807, 2.05) is 32.2 Å². The molecule has 0 aliphatic carbocycles. The number of nitrogens with one attached hydrogen (secondary N) is 1. The first-order chi connectivity index (χ1) is 7.58. The summed E-state index contributed by atoms with van der Waals surface area (Å²) in [5, 5.41) is 2.36. The van der Waals surface area contributed by atoms with E-state index in [-0.39, 0.29) is 0 Å². The molecule has 1 rings (SSSR count). The Balaban J connectivity index is 2.91. The van der Waals surface area contributed by atoms with Crippen molar-refractivity contribution < 1.29 is 9.53 Å². The van der Waals surface area contributed by atoms with Crippen LogP contribution in [0.25, 0.3) is 0 Å². The Morgan fingerprint density at radius 2 is 2.00 bits per heavy atom. The minimum atomic E-state index is -0.522. The van der Waals surface area contributed by atoms with Crippen LogP contribution in [0.2, 0.25) is 0 Å². The second-order valence-corrected chi connectivity index (χ2v) is 4.14. The summed E-state index contributed by atoms with van der Waals surface area (Å²) in [6.07, 6.45) is 2.80. The molecule has 0 aliphatic heterocycles. The predicted molar refractivity (Wildman–Crippen MR) is 67.1 cm³/mol. The molecule has 4 heteroatoms. The lowest BCUT2D eigenvalue weighted by atomic mass is 10.1. The molecule has 86 valence electrons. The first kappa shape index (κ1) is 12.6. The molecule has 0 bridgehead atoms. The van der Waals surface area contributed by atoms with Crippen LogP contribution in [0.15, 0.2) is 29.8 Å². The zero-order valence-electron chi connectivity index (χ0n) is 9.66. The SMILES string of the molecule is C=CNC(=O)Oc1cc(C)c(SC)c(C)c1. The van der Waals surface area contributed by atoms with Gasteiger partial charge in [-0.1, -0.05) is 6.58 Å². The average Bonchev–Trinajstić information content (AvgIpc) is 2.17. The summed E-state index contributed by atoms with van der Waals surface area (Å²) in [5.41, 5.74) is 2.21. The first-order valence-corrected chi connectivity index (χ1v) is 6.05. The smallest absolute Gasteiger partial charge is 0.410 e. The quantitative estimate of drug-likeness (QED) is 0.820. The van der Waals surface area contributed by atoms with Gasteiger partial charge in [0.1, 0.15) is 5.75 Å². The molecule has 1 aromatic carbocycles. The van der Waals surface area contributed by atoms with Gasteiger partial charge >= 0.3 is 6.09 Å². The Labute approximate surface area is 99.9 Å². The lowest BCUT2D eigenvalue weighted by Gasteiger charge is -2.10. The van der Waals surface area contributed by atoms with Crippen molar-refractivity contribution in [3.8, 4) is 5.75 Å². The molecule has 1 aromatic rings. The van der Waals surface area contributed by atoms with Crippen molar-refractivity contribution >= 4 is 17.9 Å². The van der Waals surface area contributed by atoms with Gasteiger partial charge in [-0.2, -0.15) is 0 Å². The number of carbonyl (C=O) groups is 1. The normalized spacial score (nSPS) is 9.69. The number of rotatable bonds is 3. The Morgan fingerprint density at radius 1 is 1.44 bits per heavy atom. The number of carbonyl (C=O) groups excluding carboxylic acids is 1. The monoisotopic (exact) mass is 237 g/mol. The van der Waals surface area contributed by atoms with E-state index >= 15 is 0 Å². The van der Waals surface area contributed by atoms with Gasteiger partial charge in [-0.15, -0.1) is 11.8 Å². The maximum absolute atomic E-state index is 11.2. The molecule has 0 aromatic heterocycles. The summed E-state index contributed by atoms with van der Waals surface area (Å²) < 4.78 is 5.09. The topological polar surface area (TPSA) is 38.3 Å². The fraction of sp³-hybridized carbons (Fsp3) is 0.250. The molecule has 0 aliphatic rings. The Morgan fingerprint density at radius 3 is 2.44 bits per heavy atom. The highest BCUT2D eigenvalue weighted by Gasteiger charge is 2.07. The van der Waals surface area contributed by atoms with Crippen LogP contribution in [0.5, 0.6) is 5.75 Å². The first-order valence-electron chi connectivity index (χ1n) is 4.83. The molecule has 1 amide bonds. The molecule has 0 fully saturated rings. The predicted octanol–water partition coefficient (Wildman–Crippen LogP) is 3.26. The Kier molecular flexibility index (Phi) is 4.43. The highest BCUT2D eigenvalue weighted by molar-refractivity contribution is 7.98. The van der Waals surface area contributed by atoms with Gasteiger partial charge in [-0.25, -0.2) is 4.79 Å². The van der Waals surface area contributed by atoms with Gasteiger partial charge in [0.05, 0.1) is 0 Å². The molecule has 1 N–H and O–H groups in total. The minimum Gasteiger partial charge on any atom is -0.410 e. The van der Waals surface area contributed by atoms with E-state index in [1.165, 1.54) is 11.1 Å². The van der Waals surface area contributed by atoms with Crippen LogP contribution >= 0.6 is 11.8 Å². The van der Waals surface area contributed by atoms with E-state index in [0.717, 1.165) is 11.1 Å². The zero-order chi connectivity index (χ0) is 12.1. The summed E-state index contributed by atoms with van der Waals surface area (Å²) >= 11 is 1.69. The zero-order valence-corrected chi connectivity index (χ0v) is 10.5. The van der Waals surface area contributed by atoms with E-state index in [9.17, 15) is 4.79 Å². The number of ether oxygens (including phenoxy) is 1. The van der Waals surface area contributed by atoms with Crippen molar-refractivity contribution in [3.05, 3.63) is 36.0 Å². The Hall–Kier alpha value is -1.42. The van der Waals surface area contributed by atoms with E-state index in [4.69, 9.17) is 4.74 Å². The fourth-order valence-corrected chi connectivity index (χ4v) is 2.27. The van der Waals surface area contributed by atoms with Crippen LogP contribution in [0.3, 0.4) is 0 Å². The van der Waals surface area contributed by atoms with Gasteiger partial charge in [-0.05, 0) is 49.6 Å². The van der Waals surface area contributed by atoms with Gasteiger partial charge < -0.3 is 4.74 Å². The van der Waals surface area contributed by atoms with Crippen molar-refractivity contribution in [1.82, 2.24) is 5.32 Å². The lowest BCUT2D eigenvalue weighted by Crippen LogP contribution is -2.21. The summed E-state index contributed by atoms with van der Waals surface area (Å²) in [7, 11) is 0. The number of aryl methyl sites for hydroxylation is 2. The molecule has 3 nitrogen and oxygen atoms in total. The number of hydrogen-bond acceptors (Lipinski definition) is 3. The summed E-state index contributed by atoms with van der Waals surface area (Å²) in [5.74, 6) is 0.548. The van der Waals surface area contributed by atoms with Crippen molar-refractivity contribution in [3.63, 3.8) is 0 Å². The summed E-state index contributed by atoms with van der Waals surface area (Å²) in [6, 6.07) is 3.70. The van der Waals surface area contributed by atoms with Gasteiger partial charge in [0.25, 0.3) is 0 Å². The third kappa shape index (κ3) is 3.03. The standard InChI is InChI=1S/C12H15NO2S/c1-5-13-12(14)15-10-6-8(2)11(16-4)9(3)7-10/h5-7H,1H2,2-4H3,(H,13,14). The van der Waals surface area contributed by atoms with Crippen LogP contribution < -0.4 is 10.1 Å². The van der Waals surface area contributed by atoms with Crippen molar-refractivity contribution in [1.29, 1.82) is 0 Å². The van der Waals surface area contributed by atoms with Crippen molar-refractivity contribution in [2.75, 3.05) is 6.26 Å². The lowest BCUT2D eigenvalue weighted by molar-refractivity contribution is 0.204. The van der Waals surface area contributed by atoms with Crippen LogP contribution in [-0.2, 0) is 0 Å². The van der Waals surface area contributed by atoms with Gasteiger partial charge in [0, 0.05) is 4.90 Å². The largest absolute Gasteiger partial charge is 0.416 e. The average molecular weight is 237 g/mol. The van der Waals surface area contributed by atoms with Gasteiger partial charge in [0.2, 0.25) is 0 Å². The van der Waals surface area contributed by atoms with E-state index < -0.39 is 6.09 Å². The van der Waals surface area contributed by atoms with Crippen LogP contribution in [0.4, 0.5) is 4.79 Å². The van der Waals surface area contributed by atoms with E-state index in [1.54, 1.807) is 11.8 Å².